The first-order valence-corrected chi connectivity index (χ1v) is 9.27. The van der Waals surface area contributed by atoms with Gasteiger partial charge in [-0.3, -0.25) is 9.52 Å². The highest BCUT2D eigenvalue weighted by molar-refractivity contribution is 7.93. The summed E-state index contributed by atoms with van der Waals surface area (Å²) in [6, 6.07) is 6.61. The largest absolute Gasteiger partial charge is 0.491 e. The Hall–Kier alpha value is -1.51. The lowest BCUT2D eigenvalue weighted by molar-refractivity contribution is -0.128. The molecule has 1 fully saturated rings. The molecule has 1 saturated heterocycles. The second-order valence-corrected chi connectivity index (χ2v) is 7.41. The Morgan fingerprint density at radius 1 is 1.25 bits per heavy atom. The van der Waals surface area contributed by atoms with Gasteiger partial charge in [-0.25, -0.2) is 8.42 Å². The van der Waals surface area contributed by atoms with Crippen LogP contribution in [-0.4, -0.2) is 57.3 Å². The van der Waals surface area contributed by atoms with E-state index in [1.807, 2.05) is 13.8 Å². The molecule has 1 aliphatic rings. The van der Waals surface area contributed by atoms with E-state index in [1.165, 1.54) is 0 Å². The normalized spacial score (nSPS) is 14.9. The lowest BCUT2D eigenvalue weighted by Crippen LogP contribution is -2.48. The smallest absolute Gasteiger partial charge is 0.241 e. The molecule has 0 atom stereocenters. The van der Waals surface area contributed by atoms with E-state index < -0.39 is 15.8 Å². The summed E-state index contributed by atoms with van der Waals surface area (Å²) in [5.41, 5.74) is 0.411. The lowest BCUT2D eigenvalue weighted by Gasteiger charge is -2.27. The highest BCUT2D eigenvalue weighted by atomic mass is 35.5. The Balaban J connectivity index is 0.00000288. The molecule has 0 spiro atoms. The van der Waals surface area contributed by atoms with Gasteiger partial charge in [0.15, 0.2) is 0 Å². The number of nitrogens with zero attached hydrogens (tertiary/aromatic N) is 1. The maximum atomic E-state index is 12.1. The number of piperazine rings is 1. The van der Waals surface area contributed by atoms with Gasteiger partial charge in [0.05, 0.1) is 6.10 Å². The van der Waals surface area contributed by atoms with E-state index >= 15 is 0 Å². The molecule has 1 aliphatic heterocycles. The molecule has 0 aliphatic carbocycles. The van der Waals surface area contributed by atoms with Crippen molar-refractivity contribution in [3.05, 3.63) is 24.3 Å². The number of ether oxygens (including phenoxy) is 1. The predicted octanol–water partition coefficient (Wildman–Crippen LogP) is 1.07. The van der Waals surface area contributed by atoms with Crippen LogP contribution in [0.2, 0.25) is 0 Å². The van der Waals surface area contributed by atoms with Crippen LogP contribution < -0.4 is 14.8 Å². The zero-order valence-electron chi connectivity index (χ0n) is 13.8. The number of carbonyl (C=O) groups excluding carboxylic acids is 1. The SMILES string of the molecule is CC(C)Oc1ccc(NS(=O)(=O)CC(=O)N2CCNCC2)cc1.Cl. The molecule has 0 bridgehead atoms. The Bertz CT molecular complexity index is 629. The first kappa shape index (κ1) is 20.5. The van der Waals surface area contributed by atoms with Gasteiger partial charge in [0, 0.05) is 31.9 Å². The molecule has 0 unspecified atom stereocenters. The van der Waals surface area contributed by atoms with Crippen molar-refractivity contribution >= 4 is 34.0 Å². The number of amides is 1. The minimum absolute atomic E-state index is 0. The Kier molecular flexibility index (Phi) is 7.78. The summed E-state index contributed by atoms with van der Waals surface area (Å²) < 4.78 is 32.1. The third-order valence-electron chi connectivity index (χ3n) is 3.28. The van der Waals surface area contributed by atoms with Gasteiger partial charge in [-0.2, -0.15) is 0 Å². The quantitative estimate of drug-likeness (QED) is 0.774. The van der Waals surface area contributed by atoms with Crippen LogP contribution in [0.5, 0.6) is 5.75 Å². The molecule has 0 radical (unpaired) electrons. The van der Waals surface area contributed by atoms with E-state index in [-0.39, 0.29) is 24.4 Å². The van der Waals surface area contributed by atoms with Crippen LogP contribution in [-0.2, 0) is 14.8 Å². The fraction of sp³-hybridized carbons (Fsp3) is 0.533. The average Bonchev–Trinajstić information content (AvgIpc) is 2.49. The molecule has 24 heavy (non-hydrogen) atoms. The average molecular weight is 378 g/mol. The van der Waals surface area contributed by atoms with Crippen molar-refractivity contribution in [2.45, 2.75) is 20.0 Å². The summed E-state index contributed by atoms with van der Waals surface area (Å²) in [7, 11) is -3.72. The number of carbonyl (C=O) groups is 1. The van der Waals surface area contributed by atoms with Crippen LogP contribution in [0.3, 0.4) is 0 Å². The summed E-state index contributed by atoms with van der Waals surface area (Å²) in [6.45, 7) is 6.29. The van der Waals surface area contributed by atoms with Crippen molar-refractivity contribution in [2.75, 3.05) is 36.7 Å². The topological polar surface area (TPSA) is 87.7 Å². The third kappa shape index (κ3) is 6.54. The van der Waals surface area contributed by atoms with Gasteiger partial charge >= 0.3 is 0 Å². The maximum absolute atomic E-state index is 12.1. The van der Waals surface area contributed by atoms with Crippen LogP contribution >= 0.6 is 12.4 Å². The molecule has 7 nitrogen and oxygen atoms in total. The fourth-order valence-corrected chi connectivity index (χ4v) is 3.33. The molecule has 1 heterocycles. The second kappa shape index (κ2) is 9.10. The lowest BCUT2D eigenvalue weighted by atomic mass is 10.3. The monoisotopic (exact) mass is 377 g/mol. The number of hydrogen-bond acceptors (Lipinski definition) is 5. The molecule has 0 saturated carbocycles. The van der Waals surface area contributed by atoms with Gasteiger partial charge in [-0.1, -0.05) is 0 Å². The minimum atomic E-state index is -3.72. The maximum Gasteiger partial charge on any atom is 0.241 e. The predicted molar refractivity (Wildman–Crippen MR) is 96.3 cm³/mol. The molecular weight excluding hydrogens is 354 g/mol. The molecule has 1 amide bonds. The second-order valence-electron chi connectivity index (χ2n) is 5.68. The molecule has 136 valence electrons. The Morgan fingerprint density at radius 2 is 1.83 bits per heavy atom. The van der Waals surface area contributed by atoms with Gasteiger partial charge < -0.3 is 15.0 Å². The van der Waals surface area contributed by atoms with E-state index in [9.17, 15) is 13.2 Å². The van der Waals surface area contributed by atoms with Gasteiger partial charge in [0.1, 0.15) is 11.5 Å². The van der Waals surface area contributed by atoms with Crippen molar-refractivity contribution in [1.29, 1.82) is 0 Å². The highest BCUT2D eigenvalue weighted by Crippen LogP contribution is 2.18. The number of rotatable bonds is 6. The number of nitrogens with one attached hydrogen (secondary N) is 2. The van der Waals surface area contributed by atoms with Gasteiger partial charge in [-0.15, -0.1) is 12.4 Å². The summed E-state index contributed by atoms with van der Waals surface area (Å²) in [4.78, 5) is 13.6. The van der Waals surface area contributed by atoms with Crippen LogP contribution in [0.1, 0.15) is 13.8 Å². The number of benzene rings is 1. The van der Waals surface area contributed by atoms with Crippen LogP contribution in [0.25, 0.3) is 0 Å². The van der Waals surface area contributed by atoms with E-state index in [0.717, 1.165) is 0 Å². The summed E-state index contributed by atoms with van der Waals surface area (Å²) in [5, 5.41) is 3.12. The summed E-state index contributed by atoms with van der Waals surface area (Å²) in [5.74, 6) is -0.254. The number of anilines is 1. The van der Waals surface area contributed by atoms with E-state index in [2.05, 4.69) is 10.0 Å². The number of sulfonamides is 1. The van der Waals surface area contributed by atoms with Crippen molar-refractivity contribution < 1.29 is 17.9 Å². The van der Waals surface area contributed by atoms with Crippen molar-refractivity contribution in [2.24, 2.45) is 0 Å². The zero-order chi connectivity index (χ0) is 16.9. The van der Waals surface area contributed by atoms with E-state index in [4.69, 9.17) is 4.74 Å². The van der Waals surface area contributed by atoms with Gasteiger partial charge in [0.25, 0.3) is 0 Å². The Morgan fingerprint density at radius 3 is 2.38 bits per heavy atom. The van der Waals surface area contributed by atoms with Crippen molar-refractivity contribution in [1.82, 2.24) is 10.2 Å². The van der Waals surface area contributed by atoms with Crippen LogP contribution in [0, 0.1) is 0 Å². The van der Waals surface area contributed by atoms with Gasteiger partial charge in [0.2, 0.25) is 15.9 Å². The molecule has 1 aromatic rings. The van der Waals surface area contributed by atoms with Crippen LogP contribution in [0.15, 0.2) is 24.3 Å². The molecular formula is C15H24ClN3O4S. The summed E-state index contributed by atoms with van der Waals surface area (Å²) >= 11 is 0. The highest BCUT2D eigenvalue weighted by Gasteiger charge is 2.23. The van der Waals surface area contributed by atoms with Crippen LogP contribution in [0.4, 0.5) is 5.69 Å². The molecule has 1 aromatic carbocycles. The molecule has 0 aromatic heterocycles. The number of halogens is 1. The van der Waals surface area contributed by atoms with Crippen molar-refractivity contribution in [3.8, 4) is 5.75 Å². The minimum Gasteiger partial charge on any atom is -0.491 e. The van der Waals surface area contributed by atoms with Gasteiger partial charge in [-0.05, 0) is 38.1 Å². The Labute approximate surface area is 149 Å². The number of hydrogen-bond donors (Lipinski definition) is 2. The van der Waals surface area contributed by atoms with E-state index in [1.54, 1.807) is 29.2 Å². The third-order valence-corrected chi connectivity index (χ3v) is 4.46. The zero-order valence-corrected chi connectivity index (χ0v) is 15.5. The first-order valence-electron chi connectivity index (χ1n) is 7.61. The fourth-order valence-electron chi connectivity index (χ4n) is 2.26. The molecule has 2 N–H and O–H groups in total. The first-order chi connectivity index (χ1) is 10.9. The standard InChI is InChI=1S/C15H23N3O4S.ClH/c1-12(2)22-14-5-3-13(4-6-14)17-23(20,21)11-15(19)18-9-7-16-8-10-18;/h3-6,12,16-17H,7-11H2,1-2H3;1H. The molecule has 9 heteroatoms. The van der Waals surface area contributed by atoms with E-state index in [0.29, 0.717) is 37.6 Å². The van der Waals surface area contributed by atoms with Crippen molar-refractivity contribution in [3.63, 3.8) is 0 Å². The summed E-state index contributed by atoms with van der Waals surface area (Å²) in [6.07, 6.45) is 0.0502. The molecule has 2 rings (SSSR count).